The second-order valence-electron chi connectivity index (χ2n) is 4.28. The van der Waals surface area contributed by atoms with Gasteiger partial charge in [0.1, 0.15) is 5.82 Å². The lowest BCUT2D eigenvalue weighted by Crippen LogP contribution is -2.14. The van der Waals surface area contributed by atoms with E-state index in [0.29, 0.717) is 26.2 Å². The first-order valence-electron chi connectivity index (χ1n) is 6.18. The van der Waals surface area contributed by atoms with Crippen molar-refractivity contribution in [3.05, 3.63) is 35.6 Å². The van der Waals surface area contributed by atoms with Crippen LogP contribution in [-0.4, -0.2) is 38.6 Å². The van der Waals surface area contributed by atoms with Crippen LogP contribution in [0.2, 0.25) is 0 Å². The molecule has 0 heterocycles. The minimum absolute atomic E-state index is 0.0875. The molecule has 1 aromatic carbocycles. The van der Waals surface area contributed by atoms with Crippen LogP contribution in [0.5, 0.6) is 0 Å². The van der Waals surface area contributed by atoms with E-state index >= 15 is 0 Å². The van der Waals surface area contributed by atoms with Crippen LogP contribution in [-0.2, 0) is 15.9 Å². The Morgan fingerprint density at radius 1 is 1.28 bits per heavy atom. The number of methoxy groups -OCH3 is 1. The van der Waals surface area contributed by atoms with E-state index in [4.69, 9.17) is 9.47 Å². The quantitative estimate of drug-likeness (QED) is 0.687. The third-order valence-corrected chi connectivity index (χ3v) is 2.77. The zero-order valence-corrected chi connectivity index (χ0v) is 10.8. The molecule has 1 atom stereocenters. The Morgan fingerprint density at radius 3 is 2.78 bits per heavy atom. The summed E-state index contributed by atoms with van der Waals surface area (Å²) in [6, 6.07) is 6.49. The first-order chi connectivity index (χ1) is 8.76. The number of ether oxygens (including phenoxy) is 2. The monoisotopic (exact) mass is 256 g/mol. The number of hydrogen-bond acceptors (Lipinski definition) is 3. The fourth-order valence-electron chi connectivity index (χ4n) is 1.75. The zero-order valence-electron chi connectivity index (χ0n) is 10.8. The van der Waals surface area contributed by atoms with Crippen molar-refractivity contribution < 1.29 is 19.0 Å². The van der Waals surface area contributed by atoms with Gasteiger partial charge in [-0.05, 0) is 36.5 Å². The van der Waals surface area contributed by atoms with Gasteiger partial charge in [0, 0.05) is 20.3 Å². The van der Waals surface area contributed by atoms with Gasteiger partial charge in [0.25, 0.3) is 0 Å². The van der Waals surface area contributed by atoms with Crippen molar-refractivity contribution in [3.63, 3.8) is 0 Å². The third-order valence-electron chi connectivity index (χ3n) is 2.77. The highest BCUT2D eigenvalue weighted by Crippen LogP contribution is 2.13. The average molecular weight is 256 g/mol. The summed E-state index contributed by atoms with van der Waals surface area (Å²) >= 11 is 0. The number of halogens is 1. The molecule has 0 aliphatic heterocycles. The summed E-state index contributed by atoms with van der Waals surface area (Å²) in [7, 11) is 1.63. The fourth-order valence-corrected chi connectivity index (χ4v) is 1.75. The van der Waals surface area contributed by atoms with Crippen molar-refractivity contribution in [1.82, 2.24) is 0 Å². The normalized spacial score (nSPS) is 12.6. The highest BCUT2D eigenvalue weighted by atomic mass is 19.1. The van der Waals surface area contributed by atoms with E-state index in [1.165, 1.54) is 12.1 Å². The van der Waals surface area contributed by atoms with Gasteiger partial charge in [0.2, 0.25) is 0 Å². The lowest BCUT2D eigenvalue weighted by atomic mass is 9.97. The summed E-state index contributed by atoms with van der Waals surface area (Å²) in [6.07, 6.45) is 1.43. The van der Waals surface area contributed by atoms with Gasteiger partial charge in [0.15, 0.2) is 0 Å². The Bertz CT molecular complexity index is 331. The predicted octanol–water partition coefficient (Wildman–Crippen LogP) is 2.03. The standard InChI is InChI=1S/C14H21FO3/c1-17-7-8-18-6-5-13(11-16)9-12-3-2-4-14(15)10-12/h2-4,10,13,16H,5-9,11H2,1H3. The SMILES string of the molecule is COCCOCCC(CO)Cc1cccc(F)c1. The number of aliphatic hydroxyl groups is 1. The number of rotatable bonds is 9. The van der Waals surface area contributed by atoms with Gasteiger partial charge < -0.3 is 14.6 Å². The van der Waals surface area contributed by atoms with E-state index in [1.54, 1.807) is 13.2 Å². The van der Waals surface area contributed by atoms with Crippen molar-refractivity contribution >= 4 is 0 Å². The van der Waals surface area contributed by atoms with E-state index in [1.807, 2.05) is 6.07 Å². The molecule has 0 aliphatic carbocycles. The van der Waals surface area contributed by atoms with Gasteiger partial charge in [-0.3, -0.25) is 0 Å². The summed E-state index contributed by atoms with van der Waals surface area (Å²) < 4.78 is 23.2. The van der Waals surface area contributed by atoms with Crippen LogP contribution in [0.15, 0.2) is 24.3 Å². The molecule has 0 aliphatic rings. The molecule has 102 valence electrons. The van der Waals surface area contributed by atoms with Crippen molar-refractivity contribution in [1.29, 1.82) is 0 Å². The maximum atomic E-state index is 13.0. The molecule has 0 saturated carbocycles. The van der Waals surface area contributed by atoms with Crippen LogP contribution in [0.25, 0.3) is 0 Å². The van der Waals surface area contributed by atoms with Crippen LogP contribution in [0.4, 0.5) is 4.39 Å². The van der Waals surface area contributed by atoms with E-state index < -0.39 is 0 Å². The van der Waals surface area contributed by atoms with Crippen molar-refractivity contribution in [2.75, 3.05) is 33.5 Å². The van der Waals surface area contributed by atoms with Gasteiger partial charge in [-0.2, -0.15) is 0 Å². The summed E-state index contributed by atoms with van der Waals surface area (Å²) in [6.45, 7) is 1.82. The third kappa shape index (κ3) is 6.10. The molecule has 0 amide bonds. The first kappa shape index (κ1) is 15.1. The molecular weight excluding hydrogens is 235 g/mol. The Kier molecular flexibility index (Phi) is 7.57. The molecule has 3 nitrogen and oxygen atoms in total. The minimum atomic E-state index is -0.236. The highest BCUT2D eigenvalue weighted by Gasteiger charge is 2.09. The molecule has 1 unspecified atom stereocenters. The summed E-state index contributed by atoms with van der Waals surface area (Å²) in [5.41, 5.74) is 0.908. The number of hydrogen-bond donors (Lipinski definition) is 1. The van der Waals surface area contributed by atoms with E-state index in [2.05, 4.69) is 0 Å². The van der Waals surface area contributed by atoms with Crippen LogP contribution < -0.4 is 0 Å². The molecule has 1 N–H and O–H groups in total. The van der Waals surface area contributed by atoms with Crippen molar-refractivity contribution in [2.24, 2.45) is 5.92 Å². The van der Waals surface area contributed by atoms with E-state index in [0.717, 1.165) is 12.0 Å². The second kappa shape index (κ2) is 9.03. The molecule has 0 bridgehead atoms. The first-order valence-corrected chi connectivity index (χ1v) is 6.18. The summed E-state index contributed by atoms with van der Waals surface area (Å²) in [5, 5.41) is 9.29. The van der Waals surface area contributed by atoms with Crippen LogP contribution in [0.3, 0.4) is 0 Å². The fraction of sp³-hybridized carbons (Fsp3) is 0.571. The lowest BCUT2D eigenvalue weighted by Gasteiger charge is -2.14. The highest BCUT2D eigenvalue weighted by molar-refractivity contribution is 5.16. The Labute approximate surface area is 108 Å². The maximum absolute atomic E-state index is 13.0. The molecule has 0 radical (unpaired) electrons. The minimum Gasteiger partial charge on any atom is -0.396 e. The van der Waals surface area contributed by atoms with Crippen LogP contribution >= 0.6 is 0 Å². The number of aliphatic hydroxyl groups excluding tert-OH is 1. The Balaban J connectivity index is 2.28. The van der Waals surface area contributed by atoms with E-state index in [-0.39, 0.29) is 18.3 Å². The molecule has 18 heavy (non-hydrogen) atoms. The van der Waals surface area contributed by atoms with Crippen LogP contribution in [0, 0.1) is 11.7 Å². The lowest BCUT2D eigenvalue weighted by molar-refractivity contribution is 0.0588. The molecule has 0 aromatic heterocycles. The van der Waals surface area contributed by atoms with Gasteiger partial charge >= 0.3 is 0 Å². The summed E-state index contributed by atoms with van der Waals surface area (Å²) in [4.78, 5) is 0. The molecule has 0 spiro atoms. The Hall–Kier alpha value is -0.970. The van der Waals surface area contributed by atoms with E-state index in [9.17, 15) is 9.50 Å². The van der Waals surface area contributed by atoms with Gasteiger partial charge in [-0.1, -0.05) is 12.1 Å². The molecule has 4 heteroatoms. The molecule has 0 fully saturated rings. The second-order valence-corrected chi connectivity index (χ2v) is 4.28. The molecule has 0 saturated heterocycles. The van der Waals surface area contributed by atoms with Crippen LogP contribution in [0.1, 0.15) is 12.0 Å². The molecule has 1 rings (SSSR count). The van der Waals surface area contributed by atoms with Gasteiger partial charge in [-0.15, -0.1) is 0 Å². The van der Waals surface area contributed by atoms with Gasteiger partial charge in [0.05, 0.1) is 13.2 Å². The van der Waals surface area contributed by atoms with Gasteiger partial charge in [-0.25, -0.2) is 4.39 Å². The molecular formula is C14H21FO3. The predicted molar refractivity (Wildman–Crippen MR) is 68.0 cm³/mol. The molecule has 1 aromatic rings. The average Bonchev–Trinajstić information content (AvgIpc) is 2.37. The number of benzene rings is 1. The van der Waals surface area contributed by atoms with Crippen molar-refractivity contribution in [3.8, 4) is 0 Å². The van der Waals surface area contributed by atoms with Crippen molar-refractivity contribution in [2.45, 2.75) is 12.8 Å². The Morgan fingerprint density at radius 2 is 2.11 bits per heavy atom. The zero-order chi connectivity index (χ0) is 13.2. The summed E-state index contributed by atoms with van der Waals surface area (Å²) in [5.74, 6) is -0.130. The largest absolute Gasteiger partial charge is 0.396 e. The maximum Gasteiger partial charge on any atom is 0.123 e. The smallest absolute Gasteiger partial charge is 0.123 e. The topological polar surface area (TPSA) is 38.7 Å².